The van der Waals surface area contributed by atoms with Gasteiger partial charge in [-0.1, -0.05) is 0 Å². The second-order valence-electron chi connectivity index (χ2n) is 6.49. The van der Waals surface area contributed by atoms with Gasteiger partial charge in [-0.2, -0.15) is 5.10 Å². The number of aryl methyl sites for hydroxylation is 1. The maximum absolute atomic E-state index is 11.8. The highest BCUT2D eigenvalue weighted by Gasteiger charge is 2.27. The van der Waals surface area contributed by atoms with E-state index in [1.165, 1.54) is 0 Å². The van der Waals surface area contributed by atoms with Gasteiger partial charge in [-0.3, -0.25) is 14.5 Å². The number of esters is 1. The summed E-state index contributed by atoms with van der Waals surface area (Å²) in [6, 6.07) is 0.357. The van der Waals surface area contributed by atoms with E-state index in [2.05, 4.69) is 27.6 Å². The molecule has 1 aliphatic carbocycles. The molecule has 0 radical (unpaired) electrons. The molecule has 1 heterocycles. The molecule has 0 saturated heterocycles. The van der Waals surface area contributed by atoms with Crippen molar-refractivity contribution in [1.82, 2.24) is 20.4 Å². The van der Waals surface area contributed by atoms with E-state index in [0.29, 0.717) is 19.2 Å². The maximum atomic E-state index is 11.8. The summed E-state index contributed by atoms with van der Waals surface area (Å²) in [5, 5.41) is 11.1. The quantitative estimate of drug-likeness (QED) is 0.446. The van der Waals surface area contributed by atoms with Crippen molar-refractivity contribution in [3.63, 3.8) is 0 Å². The summed E-state index contributed by atoms with van der Waals surface area (Å²) >= 11 is 0. The van der Waals surface area contributed by atoms with Gasteiger partial charge in [0.1, 0.15) is 0 Å². The first kappa shape index (κ1) is 19.3. The Hall–Kier alpha value is -2.05. The van der Waals surface area contributed by atoms with Crippen molar-refractivity contribution in [1.29, 1.82) is 0 Å². The van der Waals surface area contributed by atoms with E-state index in [9.17, 15) is 4.79 Å². The highest BCUT2D eigenvalue weighted by molar-refractivity contribution is 5.80. The van der Waals surface area contributed by atoms with Crippen molar-refractivity contribution in [3.8, 4) is 0 Å². The van der Waals surface area contributed by atoms with Crippen molar-refractivity contribution < 1.29 is 9.53 Å². The van der Waals surface area contributed by atoms with Crippen LogP contribution in [0.15, 0.2) is 17.4 Å². The standard InChI is InChI=1S/C18H31N5O2/c1-4-19-18(20-10-11-23-13-14(3)12-21-23)22-16-8-6-15(7-9-16)17(24)25-5-2/h12-13,15-16H,4-11H2,1-3H3,(H2,19,20,22). The molecule has 2 rings (SSSR count). The van der Waals surface area contributed by atoms with Crippen molar-refractivity contribution >= 4 is 11.9 Å². The SMILES string of the molecule is CCNC(=NCCn1cc(C)cn1)NC1CCC(C(=O)OCC)CC1. The highest BCUT2D eigenvalue weighted by Crippen LogP contribution is 2.25. The first-order valence-corrected chi connectivity index (χ1v) is 9.32. The number of guanidine groups is 1. The van der Waals surface area contributed by atoms with Crippen LogP contribution in [0.2, 0.25) is 0 Å². The summed E-state index contributed by atoms with van der Waals surface area (Å²) in [7, 11) is 0. The van der Waals surface area contributed by atoms with Gasteiger partial charge in [0.15, 0.2) is 5.96 Å². The van der Waals surface area contributed by atoms with E-state index in [0.717, 1.165) is 50.3 Å². The number of hydrogen-bond acceptors (Lipinski definition) is 4. The third-order valence-corrected chi connectivity index (χ3v) is 4.39. The Balaban J connectivity index is 1.78. The van der Waals surface area contributed by atoms with Gasteiger partial charge in [0.2, 0.25) is 0 Å². The fraction of sp³-hybridized carbons (Fsp3) is 0.722. The lowest BCUT2D eigenvalue weighted by atomic mass is 9.86. The lowest BCUT2D eigenvalue weighted by Gasteiger charge is -2.29. The van der Waals surface area contributed by atoms with Crippen molar-refractivity contribution in [2.75, 3.05) is 19.7 Å². The maximum Gasteiger partial charge on any atom is 0.308 e. The zero-order valence-electron chi connectivity index (χ0n) is 15.6. The summed E-state index contributed by atoms with van der Waals surface area (Å²) in [6.45, 7) is 8.68. The molecule has 0 spiro atoms. The number of aromatic nitrogens is 2. The molecule has 1 aromatic heterocycles. The summed E-state index contributed by atoms with van der Waals surface area (Å²) in [4.78, 5) is 16.5. The number of rotatable bonds is 7. The lowest BCUT2D eigenvalue weighted by Crippen LogP contribution is -2.45. The van der Waals surface area contributed by atoms with E-state index in [1.54, 1.807) is 0 Å². The van der Waals surface area contributed by atoms with Crippen LogP contribution in [0, 0.1) is 12.8 Å². The molecule has 1 aliphatic rings. The molecule has 2 N–H and O–H groups in total. The number of ether oxygens (including phenoxy) is 1. The average molecular weight is 349 g/mol. The van der Waals surface area contributed by atoms with E-state index >= 15 is 0 Å². The second kappa shape index (κ2) is 10.1. The predicted molar refractivity (Wildman–Crippen MR) is 98.5 cm³/mol. The van der Waals surface area contributed by atoms with Gasteiger partial charge in [-0.05, 0) is 52.0 Å². The molecule has 140 valence electrons. The van der Waals surface area contributed by atoms with Crippen LogP contribution in [0.5, 0.6) is 0 Å². The minimum atomic E-state index is -0.0453. The van der Waals surface area contributed by atoms with Gasteiger partial charge in [0, 0.05) is 18.8 Å². The van der Waals surface area contributed by atoms with E-state index in [4.69, 9.17) is 4.74 Å². The van der Waals surface area contributed by atoms with Crippen molar-refractivity contribution in [3.05, 3.63) is 18.0 Å². The Morgan fingerprint density at radius 2 is 2.12 bits per heavy atom. The van der Waals surface area contributed by atoms with E-state index < -0.39 is 0 Å². The predicted octanol–water partition coefficient (Wildman–Crippen LogP) is 1.87. The molecule has 1 fully saturated rings. The average Bonchev–Trinajstić information content (AvgIpc) is 3.01. The molecule has 7 nitrogen and oxygen atoms in total. The van der Waals surface area contributed by atoms with Crippen molar-refractivity contribution in [2.24, 2.45) is 10.9 Å². The number of nitrogens with one attached hydrogen (secondary N) is 2. The first-order valence-electron chi connectivity index (χ1n) is 9.32. The Morgan fingerprint density at radius 1 is 1.36 bits per heavy atom. The van der Waals surface area contributed by atoms with Crippen LogP contribution in [-0.2, 0) is 16.1 Å². The molecule has 0 aromatic carbocycles. The third-order valence-electron chi connectivity index (χ3n) is 4.39. The van der Waals surface area contributed by atoms with Gasteiger partial charge < -0.3 is 15.4 Å². The molecule has 0 amide bonds. The summed E-state index contributed by atoms with van der Waals surface area (Å²) in [6.07, 6.45) is 7.56. The van der Waals surface area contributed by atoms with Crippen LogP contribution in [0.25, 0.3) is 0 Å². The zero-order chi connectivity index (χ0) is 18.1. The van der Waals surface area contributed by atoms with Crippen LogP contribution in [-0.4, -0.2) is 47.4 Å². The lowest BCUT2D eigenvalue weighted by molar-refractivity contribution is -0.149. The number of carbonyl (C=O) groups is 1. The Morgan fingerprint density at radius 3 is 2.72 bits per heavy atom. The van der Waals surface area contributed by atoms with Gasteiger partial charge in [-0.25, -0.2) is 0 Å². The molecule has 0 atom stereocenters. The second-order valence-corrected chi connectivity index (χ2v) is 6.49. The highest BCUT2D eigenvalue weighted by atomic mass is 16.5. The van der Waals surface area contributed by atoms with Gasteiger partial charge in [0.25, 0.3) is 0 Å². The number of aliphatic imine (C=N–C) groups is 1. The van der Waals surface area contributed by atoms with Crippen LogP contribution < -0.4 is 10.6 Å². The van der Waals surface area contributed by atoms with Gasteiger partial charge in [-0.15, -0.1) is 0 Å². The zero-order valence-corrected chi connectivity index (χ0v) is 15.6. The summed E-state index contributed by atoms with van der Waals surface area (Å²) < 4.78 is 7.04. The summed E-state index contributed by atoms with van der Waals surface area (Å²) in [5.41, 5.74) is 1.16. The molecule has 25 heavy (non-hydrogen) atoms. The Kier molecular flexibility index (Phi) is 7.76. The summed E-state index contributed by atoms with van der Waals surface area (Å²) in [5.74, 6) is 0.850. The minimum Gasteiger partial charge on any atom is -0.466 e. The van der Waals surface area contributed by atoms with Crippen LogP contribution in [0.4, 0.5) is 0 Å². The number of hydrogen-bond donors (Lipinski definition) is 2. The van der Waals surface area contributed by atoms with Crippen LogP contribution in [0.3, 0.4) is 0 Å². The molecule has 0 unspecified atom stereocenters. The van der Waals surface area contributed by atoms with E-state index in [1.807, 2.05) is 30.9 Å². The fourth-order valence-corrected chi connectivity index (χ4v) is 3.10. The van der Waals surface area contributed by atoms with Gasteiger partial charge in [0.05, 0.1) is 31.8 Å². The smallest absolute Gasteiger partial charge is 0.308 e. The molecule has 7 heteroatoms. The van der Waals surface area contributed by atoms with Crippen molar-refractivity contribution in [2.45, 2.75) is 59.0 Å². The van der Waals surface area contributed by atoms with Gasteiger partial charge >= 0.3 is 5.97 Å². The topological polar surface area (TPSA) is 80.5 Å². The molecule has 0 bridgehead atoms. The number of nitrogens with zero attached hydrogens (tertiary/aromatic N) is 3. The fourth-order valence-electron chi connectivity index (χ4n) is 3.10. The molecule has 0 aliphatic heterocycles. The Labute approximate surface area is 150 Å². The monoisotopic (exact) mass is 349 g/mol. The number of carbonyl (C=O) groups excluding carboxylic acids is 1. The van der Waals surface area contributed by atoms with Crippen LogP contribution in [0.1, 0.15) is 45.1 Å². The molecule has 1 aromatic rings. The third kappa shape index (κ3) is 6.40. The minimum absolute atomic E-state index is 0.0453. The van der Waals surface area contributed by atoms with E-state index in [-0.39, 0.29) is 11.9 Å². The first-order chi connectivity index (χ1) is 12.1. The molecule has 1 saturated carbocycles. The Bertz CT molecular complexity index is 562. The normalized spacial score (nSPS) is 21.0. The van der Waals surface area contributed by atoms with Crippen LogP contribution >= 0.6 is 0 Å². The molecular weight excluding hydrogens is 318 g/mol. The largest absolute Gasteiger partial charge is 0.466 e. The molecular formula is C18H31N5O2.